The molecule has 0 aliphatic carbocycles. The molecule has 0 saturated heterocycles. The zero-order valence-electron chi connectivity index (χ0n) is 11.8. The van der Waals surface area contributed by atoms with Crippen LogP contribution in [0.25, 0.3) is 16.7 Å². The van der Waals surface area contributed by atoms with Gasteiger partial charge in [-0.3, -0.25) is 4.40 Å². The van der Waals surface area contributed by atoms with Crippen LogP contribution in [0.5, 0.6) is 0 Å². The van der Waals surface area contributed by atoms with E-state index in [0.717, 1.165) is 22.4 Å². The quantitative estimate of drug-likeness (QED) is 0.481. The fourth-order valence-corrected chi connectivity index (χ4v) is 3.09. The average Bonchev–Trinajstić information content (AvgIpc) is 3.02. The molecule has 0 radical (unpaired) electrons. The summed E-state index contributed by atoms with van der Waals surface area (Å²) in [5.74, 6) is 1.48. The Hall–Kier alpha value is -2.22. The first kappa shape index (κ1) is 13.4. The highest BCUT2D eigenvalue weighted by molar-refractivity contribution is 14.1. The minimum absolute atomic E-state index is 0.603. The Morgan fingerprint density at radius 3 is 2.82 bits per heavy atom. The molecule has 0 spiro atoms. The Labute approximate surface area is 140 Å². The molecule has 0 amide bonds. The number of rotatable bonds is 2. The summed E-state index contributed by atoms with van der Waals surface area (Å²) in [7, 11) is 2.02. The first-order valence-electron chi connectivity index (χ1n) is 6.82. The predicted octanol–water partition coefficient (Wildman–Crippen LogP) is 3.65. The Balaban J connectivity index is 2.00. The van der Waals surface area contributed by atoms with Crippen LogP contribution in [0.2, 0.25) is 0 Å². The van der Waals surface area contributed by atoms with Crippen LogP contribution in [0.4, 0.5) is 11.5 Å². The summed E-state index contributed by atoms with van der Waals surface area (Å²) < 4.78 is 3.09. The van der Waals surface area contributed by atoms with Gasteiger partial charge in [-0.25, -0.2) is 0 Å². The summed E-state index contributed by atoms with van der Waals surface area (Å²) in [6.07, 6.45) is 1.69. The van der Waals surface area contributed by atoms with Gasteiger partial charge in [-0.15, -0.1) is 10.2 Å². The van der Waals surface area contributed by atoms with Gasteiger partial charge < -0.3 is 4.90 Å². The van der Waals surface area contributed by atoms with E-state index in [0.29, 0.717) is 5.78 Å². The maximum Gasteiger partial charge on any atom is 0.257 e. The first-order chi connectivity index (χ1) is 10.7. The number of hydrogen-bond acceptors (Lipinski definition) is 4. The second-order valence-electron chi connectivity index (χ2n) is 4.99. The van der Waals surface area contributed by atoms with Crippen LogP contribution in [-0.4, -0.2) is 26.6 Å². The van der Waals surface area contributed by atoms with Crippen molar-refractivity contribution in [3.8, 4) is 0 Å². The molecule has 0 unspecified atom stereocenters. The van der Waals surface area contributed by atoms with Gasteiger partial charge in [0.2, 0.25) is 0 Å². The van der Waals surface area contributed by atoms with Crippen LogP contribution in [0.3, 0.4) is 0 Å². The van der Waals surface area contributed by atoms with Crippen LogP contribution in [0.15, 0.2) is 54.9 Å². The lowest BCUT2D eigenvalue weighted by Gasteiger charge is -2.20. The van der Waals surface area contributed by atoms with Crippen LogP contribution >= 0.6 is 22.6 Å². The lowest BCUT2D eigenvalue weighted by molar-refractivity contribution is 1.08. The van der Waals surface area contributed by atoms with E-state index in [-0.39, 0.29) is 0 Å². The largest absolute Gasteiger partial charge is 0.329 e. The molecule has 4 aromatic rings. The van der Waals surface area contributed by atoms with E-state index < -0.39 is 0 Å². The highest BCUT2D eigenvalue weighted by Crippen LogP contribution is 2.30. The van der Waals surface area contributed by atoms with Crippen molar-refractivity contribution in [2.24, 2.45) is 0 Å². The molecule has 0 bridgehead atoms. The van der Waals surface area contributed by atoms with Gasteiger partial charge in [-0.05, 0) is 52.9 Å². The third kappa shape index (κ3) is 2.10. The average molecular weight is 401 g/mol. The van der Waals surface area contributed by atoms with Gasteiger partial charge in [-0.2, -0.15) is 4.98 Å². The zero-order valence-corrected chi connectivity index (χ0v) is 14.0. The van der Waals surface area contributed by atoms with E-state index in [1.165, 1.54) is 3.57 Å². The van der Waals surface area contributed by atoms with Crippen molar-refractivity contribution in [2.75, 3.05) is 11.9 Å². The Morgan fingerprint density at radius 1 is 1.09 bits per heavy atom. The molecule has 4 rings (SSSR count). The number of aromatic nitrogens is 4. The van der Waals surface area contributed by atoms with Crippen molar-refractivity contribution in [3.63, 3.8) is 0 Å². The monoisotopic (exact) mass is 401 g/mol. The lowest BCUT2D eigenvalue weighted by atomic mass is 10.2. The van der Waals surface area contributed by atoms with E-state index >= 15 is 0 Å². The van der Waals surface area contributed by atoms with E-state index in [9.17, 15) is 0 Å². The molecule has 2 heterocycles. The molecule has 0 fully saturated rings. The Bertz CT molecular complexity index is 979. The maximum absolute atomic E-state index is 4.68. The minimum Gasteiger partial charge on any atom is -0.329 e. The lowest BCUT2D eigenvalue weighted by Crippen LogP contribution is -2.13. The molecule has 2 aromatic heterocycles. The Morgan fingerprint density at radius 2 is 1.95 bits per heavy atom. The number of benzene rings is 2. The summed E-state index contributed by atoms with van der Waals surface area (Å²) in [5.41, 5.74) is 2.14. The number of hydrogen-bond donors (Lipinski definition) is 0. The Kier molecular flexibility index (Phi) is 3.18. The van der Waals surface area contributed by atoms with E-state index in [2.05, 4.69) is 73.0 Å². The molecule has 6 heteroatoms. The highest BCUT2D eigenvalue weighted by Gasteiger charge is 2.14. The molecule has 5 nitrogen and oxygen atoms in total. The van der Waals surface area contributed by atoms with Crippen molar-refractivity contribution in [3.05, 3.63) is 58.4 Å². The van der Waals surface area contributed by atoms with E-state index in [1.807, 2.05) is 29.6 Å². The van der Waals surface area contributed by atoms with Crippen molar-refractivity contribution in [1.82, 2.24) is 19.6 Å². The third-order valence-corrected chi connectivity index (χ3v) is 4.32. The van der Waals surface area contributed by atoms with Gasteiger partial charge in [-0.1, -0.05) is 18.2 Å². The summed E-state index contributed by atoms with van der Waals surface area (Å²) in [6, 6.07) is 16.5. The molecule has 0 N–H and O–H groups in total. The maximum atomic E-state index is 4.68. The van der Waals surface area contributed by atoms with Gasteiger partial charge in [0.05, 0.1) is 5.52 Å². The summed E-state index contributed by atoms with van der Waals surface area (Å²) in [5, 5.41) is 9.13. The standard InChI is InChI=1S/C16H12IN5/c1-21(12-6-4-5-11(17)9-12)15-13-7-2-3-8-14(13)22-10-18-20-16(22)19-15/h2-10H,1H3. The van der Waals surface area contributed by atoms with Gasteiger partial charge in [0, 0.05) is 21.7 Å². The van der Waals surface area contributed by atoms with Crippen LogP contribution in [0, 0.1) is 3.57 Å². The molecule has 0 atom stereocenters. The molecule has 0 aliphatic heterocycles. The van der Waals surface area contributed by atoms with Crippen molar-refractivity contribution in [1.29, 1.82) is 0 Å². The molecular weight excluding hydrogens is 389 g/mol. The van der Waals surface area contributed by atoms with Crippen molar-refractivity contribution in [2.45, 2.75) is 0 Å². The highest BCUT2D eigenvalue weighted by atomic mass is 127. The molecular formula is C16H12IN5. The number of nitrogens with zero attached hydrogens (tertiary/aromatic N) is 5. The smallest absolute Gasteiger partial charge is 0.257 e. The van der Waals surface area contributed by atoms with Crippen molar-refractivity contribution >= 4 is 50.8 Å². The van der Waals surface area contributed by atoms with Crippen LogP contribution in [-0.2, 0) is 0 Å². The second kappa shape index (κ2) is 5.20. The summed E-state index contributed by atoms with van der Waals surface area (Å²) in [6.45, 7) is 0. The minimum atomic E-state index is 0.603. The normalized spacial score (nSPS) is 11.2. The predicted molar refractivity (Wildman–Crippen MR) is 95.5 cm³/mol. The van der Waals surface area contributed by atoms with Crippen LogP contribution < -0.4 is 4.90 Å². The van der Waals surface area contributed by atoms with Crippen molar-refractivity contribution < 1.29 is 0 Å². The third-order valence-electron chi connectivity index (χ3n) is 3.65. The van der Waals surface area contributed by atoms with E-state index in [4.69, 9.17) is 0 Å². The molecule has 22 heavy (non-hydrogen) atoms. The molecule has 0 saturated carbocycles. The van der Waals surface area contributed by atoms with E-state index in [1.54, 1.807) is 6.33 Å². The molecule has 2 aromatic carbocycles. The second-order valence-corrected chi connectivity index (χ2v) is 6.24. The molecule has 0 aliphatic rings. The number of para-hydroxylation sites is 1. The first-order valence-corrected chi connectivity index (χ1v) is 7.90. The number of halogens is 1. The van der Waals surface area contributed by atoms with Gasteiger partial charge in [0.25, 0.3) is 5.78 Å². The van der Waals surface area contributed by atoms with Gasteiger partial charge in [0.15, 0.2) is 0 Å². The fourth-order valence-electron chi connectivity index (χ4n) is 2.57. The summed E-state index contributed by atoms with van der Waals surface area (Å²) >= 11 is 2.32. The number of anilines is 2. The zero-order chi connectivity index (χ0) is 15.1. The molecule has 108 valence electrons. The SMILES string of the molecule is CN(c1cccc(I)c1)c1nc2nncn2c2ccccc12. The summed E-state index contributed by atoms with van der Waals surface area (Å²) in [4.78, 5) is 6.76. The number of fused-ring (bicyclic) bond motifs is 3. The fraction of sp³-hybridized carbons (Fsp3) is 0.0625. The van der Waals surface area contributed by atoms with Gasteiger partial charge in [0.1, 0.15) is 12.1 Å². The topological polar surface area (TPSA) is 46.3 Å². The van der Waals surface area contributed by atoms with Crippen LogP contribution in [0.1, 0.15) is 0 Å². The van der Waals surface area contributed by atoms with Gasteiger partial charge >= 0.3 is 0 Å².